The number of rotatable bonds is 5. The molecule has 0 aromatic rings. The maximum atomic E-state index is 11.5. The molecule has 0 bridgehead atoms. The second kappa shape index (κ2) is 6.11. The fourth-order valence-electron chi connectivity index (χ4n) is 2.24. The van der Waals surface area contributed by atoms with E-state index in [1.807, 2.05) is 6.92 Å². The summed E-state index contributed by atoms with van der Waals surface area (Å²) in [4.78, 5) is 11.5. The minimum absolute atomic E-state index is 0.160. The van der Waals surface area contributed by atoms with Crippen LogP contribution < -0.4 is 11.1 Å². The van der Waals surface area contributed by atoms with E-state index in [0.717, 1.165) is 12.5 Å². The highest BCUT2D eigenvalue weighted by Crippen LogP contribution is 2.29. The lowest BCUT2D eigenvalue weighted by atomic mass is 10.1. The molecule has 88 valence electrons. The van der Waals surface area contributed by atoms with Gasteiger partial charge in [0, 0.05) is 13.0 Å². The monoisotopic (exact) mass is 212 g/mol. The topological polar surface area (TPSA) is 55.1 Å². The van der Waals surface area contributed by atoms with Crippen molar-refractivity contribution >= 4 is 5.91 Å². The van der Waals surface area contributed by atoms with E-state index in [-0.39, 0.29) is 5.91 Å². The van der Waals surface area contributed by atoms with Gasteiger partial charge in [-0.1, -0.05) is 20.3 Å². The summed E-state index contributed by atoms with van der Waals surface area (Å²) in [7, 11) is 0. The van der Waals surface area contributed by atoms with E-state index in [0.29, 0.717) is 24.8 Å². The molecule has 0 radical (unpaired) electrons. The minimum Gasteiger partial charge on any atom is -0.356 e. The highest BCUT2D eigenvalue weighted by molar-refractivity contribution is 5.76. The Morgan fingerprint density at radius 3 is 2.80 bits per heavy atom. The van der Waals surface area contributed by atoms with Crippen LogP contribution in [0.4, 0.5) is 0 Å². The Labute approximate surface area is 92.8 Å². The van der Waals surface area contributed by atoms with Crippen molar-refractivity contribution in [2.45, 2.75) is 39.5 Å². The van der Waals surface area contributed by atoms with Crippen molar-refractivity contribution < 1.29 is 4.79 Å². The molecule has 1 saturated carbocycles. The first-order valence-corrected chi connectivity index (χ1v) is 6.08. The first kappa shape index (κ1) is 12.5. The van der Waals surface area contributed by atoms with Crippen LogP contribution in [-0.2, 0) is 4.79 Å². The summed E-state index contributed by atoms with van der Waals surface area (Å²) in [5.41, 5.74) is 5.48. The third-order valence-electron chi connectivity index (χ3n) is 3.33. The van der Waals surface area contributed by atoms with Gasteiger partial charge in [0.15, 0.2) is 0 Å². The van der Waals surface area contributed by atoms with E-state index in [9.17, 15) is 4.79 Å². The molecule has 0 aromatic carbocycles. The molecular formula is C12H24N2O. The minimum atomic E-state index is 0.160. The van der Waals surface area contributed by atoms with Gasteiger partial charge in [-0.15, -0.1) is 0 Å². The van der Waals surface area contributed by atoms with Crippen LogP contribution in [0, 0.1) is 17.8 Å². The van der Waals surface area contributed by atoms with Gasteiger partial charge >= 0.3 is 0 Å². The smallest absolute Gasteiger partial charge is 0.220 e. The van der Waals surface area contributed by atoms with Crippen molar-refractivity contribution in [3.63, 3.8) is 0 Å². The lowest BCUT2D eigenvalue weighted by Gasteiger charge is -2.13. The Kier molecular flexibility index (Phi) is 5.09. The van der Waals surface area contributed by atoms with Gasteiger partial charge in [-0.3, -0.25) is 4.79 Å². The first-order chi connectivity index (χ1) is 7.11. The Hall–Kier alpha value is -0.570. The highest BCUT2D eigenvalue weighted by Gasteiger charge is 2.21. The Bertz CT molecular complexity index is 206. The summed E-state index contributed by atoms with van der Waals surface area (Å²) >= 11 is 0. The zero-order valence-corrected chi connectivity index (χ0v) is 9.96. The van der Waals surface area contributed by atoms with Crippen molar-refractivity contribution in [1.82, 2.24) is 5.32 Å². The van der Waals surface area contributed by atoms with Crippen molar-refractivity contribution in [3.8, 4) is 0 Å². The van der Waals surface area contributed by atoms with E-state index in [1.54, 1.807) is 0 Å². The standard InChI is InChI=1S/C12H24N2O/c1-9-3-4-11(5-9)8-14-12(15)6-10(2)7-13/h9-11H,3-8,13H2,1-2H3,(H,14,15). The van der Waals surface area contributed by atoms with E-state index in [4.69, 9.17) is 5.73 Å². The SMILES string of the molecule is CC(CN)CC(=O)NCC1CCC(C)C1. The molecule has 0 saturated heterocycles. The predicted octanol–water partition coefficient (Wildman–Crippen LogP) is 1.52. The average Bonchev–Trinajstić information content (AvgIpc) is 2.61. The number of nitrogens with one attached hydrogen (secondary N) is 1. The second-order valence-corrected chi connectivity index (χ2v) is 5.13. The molecule has 3 nitrogen and oxygen atoms in total. The van der Waals surface area contributed by atoms with Gasteiger partial charge in [0.2, 0.25) is 5.91 Å². The zero-order chi connectivity index (χ0) is 11.3. The van der Waals surface area contributed by atoms with Gasteiger partial charge in [0.05, 0.1) is 0 Å². The lowest BCUT2D eigenvalue weighted by molar-refractivity contribution is -0.122. The molecule has 1 aliphatic carbocycles. The van der Waals surface area contributed by atoms with E-state index < -0.39 is 0 Å². The maximum Gasteiger partial charge on any atom is 0.220 e. The van der Waals surface area contributed by atoms with Crippen LogP contribution in [0.5, 0.6) is 0 Å². The summed E-state index contributed by atoms with van der Waals surface area (Å²) in [6.45, 7) is 5.75. The van der Waals surface area contributed by atoms with Crippen LogP contribution in [0.2, 0.25) is 0 Å². The Morgan fingerprint density at radius 1 is 1.53 bits per heavy atom. The summed E-state index contributed by atoms with van der Waals surface area (Å²) in [5, 5.41) is 3.02. The molecule has 3 unspecified atom stereocenters. The molecule has 0 spiro atoms. The highest BCUT2D eigenvalue weighted by atomic mass is 16.1. The average molecular weight is 212 g/mol. The van der Waals surface area contributed by atoms with Gasteiger partial charge in [-0.25, -0.2) is 0 Å². The van der Waals surface area contributed by atoms with Crippen molar-refractivity contribution in [2.24, 2.45) is 23.5 Å². The molecule has 3 N–H and O–H groups in total. The number of nitrogens with two attached hydrogens (primary N) is 1. The van der Waals surface area contributed by atoms with Crippen molar-refractivity contribution in [1.29, 1.82) is 0 Å². The summed E-state index contributed by atoms with van der Waals surface area (Å²) in [6, 6.07) is 0. The molecule has 3 atom stereocenters. The molecule has 1 rings (SSSR count). The van der Waals surface area contributed by atoms with Gasteiger partial charge in [0.25, 0.3) is 0 Å². The van der Waals surface area contributed by atoms with Crippen molar-refractivity contribution in [2.75, 3.05) is 13.1 Å². The van der Waals surface area contributed by atoms with Gasteiger partial charge < -0.3 is 11.1 Å². The number of carbonyl (C=O) groups excluding carboxylic acids is 1. The second-order valence-electron chi connectivity index (χ2n) is 5.13. The maximum absolute atomic E-state index is 11.5. The fourth-order valence-corrected chi connectivity index (χ4v) is 2.24. The van der Waals surface area contributed by atoms with Crippen LogP contribution in [0.15, 0.2) is 0 Å². The molecule has 1 amide bonds. The van der Waals surface area contributed by atoms with E-state index >= 15 is 0 Å². The zero-order valence-electron chi connectivity index (χ0n) is 9.96. The normalized spacial score (nSPS) is 27.7. The largest absolute Gasteiger partial charge is 0.356 e. The summed E-state index contributed by atoms with van der Waals surface area (Å²) in [6.07, 6.45) is 4.43. The summed E-state index contributed by atoms with van der Waals surface area (Å²) < 4.78 is 0. The number of carbonyl (C=O) groups is 1. The Morgan fingerprint density at radius 2 is 2.27 bits per heavy atom. The third-order valence-corrected chi connectivity index (χ3v) is 3.33. The molecule has 1 fully saturated rings. The van der Waals surface area contributed by atoms with Gasteiger partial charge in [-0.05, 0) is 37.1 Å². The lowest BCUT2D eigenvalue weighted by Crippen LogP contribution is -2.30. The van der Waals surface area contributed by atoms with Crippen LogP contribution in [-0.4, -0.2) is 19.0 Å². The Balaban J connectivity index is 2.11. The van der Waals surface area contributed by atoms with Gasteiger partial charge in [0.1, 0.15) is 0 Å². The van der Waals surface area contributed by atoms with Crippen LogP contribution in [0.1, 0.15) is 39.5 Å². The molecular weight excluding hydrogens is 188 g/mol. The molecule has 15 heavy (non-hydrogen) atoms. The van der Waals surface area contributed by atoms with Crippen LogP contribution in [0.3, 0.4) is 0 Å². The summed E-state index contributed by atoms with van der Waals surface area (Å²) in [5.74, 6) is 2.01. The first-order valence-electron chi connectivity index (χ1n) is 6.08. The number of amides is 1. The van der Waals surface area contributed by atoms with Gasteiger partial charge in [-0.2, -0.15) is 0 Å². The molecule has 0 heterocycles. The van der Waals surface area contributed by atoms with Crippen LogP contribution >= 0.6 is 0 Å². The van der Waals surface area contributed by atoms with E-state index in [1.165, 1.54) is 19.3 Å². The number of hydrogen-bond donors (Lipinski definition) is 2. The van der Waals surface area contributed by atoms with Crippen LogP contribution in [0.25, 0.3) is 0 Å². The van der Waals surface area contributed by atoms with E-state index in [2.05, 4.69) is 12.2 Å². The van der Waals surface area contributed by atoms with Crippen molar-refractivity contribution in [3.05, 3.63) is 0 Å². The quantitative estimate of drug-likeness (QED) is 0.726. The molecule has 1 aliphatic rings. The molecule has 0 aliphatic heterocycles. The third kappa shape index (κ3) is 4.65. The predicted molar refractivity (Wildman–Crippen MR) is 62.4 cm³/mol. The number of hydrogen-bond acceptors (Lipinski definition) is 2. The molecule has 3 heteroatoms. The fraction of sp³-hybridized carbons (Fsp3) is 0.917. The molecule has 0 aromatic heterocycles.